The molecule has 1 heterocycles. The third-order valence-corrected chi connectivity index (χ3v) is 2.21. The number of rotatable bonds is 2. The van der Waals surface area contributed by atoms with Crippen LogP contribution in [0.2, 0.25) is 0 Å². The molecule has 0 spiro atoms. The zero-order valence-electron chi connectivity index (χ0n) is 7.06. The zero-order chi connectivity index (χ0) is 7.40. The molecule has 0 amide bonds. The van der Waals surface area contributed by atoms with Gasteiger partial charge in [-0.15, -0.1) is 0 Å². The van der Waals surface area contributed by atoms with E-state index in [1.54, 1.807) is 0 Å². The van der Waals surface area contributed by atoms with Gasteiger partial charge < -0.3 is 5.32 Å². The Morgan fingerprint density at radius 2 is 2.30 bits per heavy atom. The summed E-state index contributed by atoms with van der Waals surface area (Å²) >= 11 is 0. The molecule has 1 N–H and O–H groups in total. The van der Waals surface area contributed by atoms with Crippen molar-refractivity contribution in [2.24, 2.45) is 0 Å². The van der Waals surface area contributed by atoms with Crippen molar-refractivity contribution in [1.29, 1.82) is 0 Å². The molecule has 0 bridgehead atoms. The second kappa shape index (κ2) is 3.94. The van der Waals surface area contributed by atoms with Crippen LogP contribution in [-0.2, 0) is 0 Å². The van der Waals surface area contributed by atoms with Crippen LogP contribution < -0.4 is 5.32 Å². The lowest BCUT2D eigenvalue weighted by atomic mass is 10.1. The molecule has 1 rings (SSSR count). The lowest BCUT2D eigenvalue weighted by Crippen LogP contribution is -2.46. The van der Waals surface area contributed by atoms with E-state index in [1.165, 1.54) is 25.8 Å². The van der Waals surface area contributed by atoms with Crippen LogP contribution in [0, 0.1) is 0 Å². The van der Waals surface area contributed by atoms with Crippen molar-refractivity contribution in [2.75, 3.05) is 20.1 Å². The smallest absolute Gasteiger partial charge is 0.0594 e. The number of nitrogens with one attached hydrogen (secondary N) is 1. The molecule has 60 valence electrons. The summed E-state index contributed by atoms with van der Waals surface area (Å²) in [5.74, 6) is 0. The fraction of sp³-hybridized carbons (Fsp3) is 1.00. The van der Waals surface area contributed by atoms with Gasteiger partial charge in [-0.3, -0.25) is 4.90 Å². The maximum absolute atomic E-state index is 3.46. The Hall–Kier alpha value is -0.0800. The van der Waals surface area contributed by atoms with E-state index in [0.29, 0.717) is 6.17 Å². The summed E-state index contributed by atoms with van der Waals surface area (Å²) in [7, 11) is 2.20. The van der Waals surface area contributed by atoms with E-state index in [1.807, 2.05) is 0 Å². The van der Waals surface area contributed by atoms with E-state index < -0.39 is 0 Å². The molecule has 2 nitrogen and oxygen atoms in total. The van der Waals surface area contributed by atoms with Crippen LogP contribution in [-0.4, -0.2) is 31.2 Å². The monoisotopic (exact) mass is 142 g/mol. The quantitative estimate of drug-likeness (QED) is 0.619. The summed E-state index contributed by atoms with van der Waals surface area (Å²) in [5, 5.41) is 3.46. The molecule has 0 radical (unpaired) electrons. The number of nitrogens with zero attached hydrogens (tertiary/aromatic N) is 1. The normalized spacial score (nSPS) is 28.8. The molecule has 1 aliphatic heterocycles. The third-order valence-electron chi connectivity index (χ3n) is 2.21. The molecule has 2 heteroatoms. The van der Waals surface area contributed by atoms with Crippen LogP contribution >= 0.6 is 0 Å². The van der Waals surface area contributed by atoms with Gasteiger partial charge in [0.2, 0.25) is 0 Å². The maximum Gasteiger partial charge on any atom is 0.0594 e. The van der Waals surface area contributed by atoms with Gasteiger partial charge in [0, 0.05) is 0 Å². The molecule has 1 fully saturated rings. The summed E-state index contributed by atoms with van der Waals surface area (Å²) in [6.07, 6.45) is 4.74. The first-order valence-electron chi connectivity index (χ1n) is 4.28. The second-order valence-electron chi connectivity index (χ2n) is 3.05. The molecular formula is C8H18N2. The highest BCUT2D eigenvalue weighted by Crippen LogP contribution is 2.11. The van der Waals surface area contributed by atoms with Crippen molar-refractivity contribution in [3.05, 3.63) is 0 Å². The van der Waals surface area contributed by atoms with Gasteiger partial charge in [0.1, 0.15) is 0 Å². The topological polar surface area (TPSA) is 15.3 Å². The summed E-state index contributed by atoms with van der Waals surface area (Å²) in [5.41, 5.74) is 0. The van der Waals surface area contributed by atoms with Crippen molar-refractivity contribution in [3.63, 3.8) is 0 Å². The van der Waals surface area contributed by atoms with E-state index in [4.69, 9.17) is 0 Å². The number of hydrogen-bond donors (Lipinski definition) is 1. The molecule has 0 saturated carbocycles. The minimum atomic E-state index is 0.652. The van der Waals surface area contributed by atoms with Crippen LogP contribution in [0.1, 0.15) is 26.2 Å². The molecule has 1 unspecified atom stereocenters. The van der Waals surface area contributed by atoms with Crippen LogP contribution in [0.4, 0.5) is 0 Å². The molecule has 0 aliphatic carbocycles. The predicted octanol–water partition coefficient (Wildman–Crippen LogP) is 1.04. The van der Waals surface area contributed by atoms with Crippen molar-refractivity contribution in [1.82, 2.24) is 10.2 Å². The van der Waals surface area contributed by atoms with Gasteiger partial charge in [-0.25, -0.2) is 0 Å². The van der Waals surface area contributed by atoms with Crippen molar-refractivity contribution in [3.8, 4) is 0 Å². The SMILES string of the molecule is CCNC1CCCCN1C. The van der Waals surface area contributed by atoms with E-state index in [-0.39, 0.29) is 0 Å². The molecule has 1 saturated heterocycles. The highest BCUT2D eigenvalue weighted by atomic mass is 15.2. The lowest BCUT2D eigenvalue weighted by Gasteiger charge is -2.32. The van der Waals surface area contributed by atoms with E-state index >= 15 is 0 Å². The minimum Gasteiger partial charge on any atom is -0.302 e. The fourth-order valence-corrected chi connectivity index (χ4v) is 1.57. The molecule has 1 atom stereocenters. The first kappa shape index (κ1) is 8.02. The first-order chi connectivity index (χ1) is 4.84. The second-order valence-corrected chi connectivity index (χ2v) is 3.05. The first-order valence-corrected chi connectivity index (χ1v) is 4.28. The Balaban J connectivity index is 2.25. The van der Waals surface area contributed by atoms with E-state index in [2.05, 4.69) is 24.2 Å². The van der Waals surface area contributed by atoms with Crippen molar-refractivity contribution < 1.29 is 0 Å². The number of hydrogen-bond acceptors (Lipinski definition) is 2. The highest BCUT2D eigenvalue weighted by molar-refractivity contribution is 4.70. The van der Waals surface area contributed by atoms with Gasteiger partial charge in [0.25, 0.3) is 0 Å². The molecule has 0 aromatic carbocycles. The van der Waals surface area contributed by atoms with Crippen LogP contribution in [0.25, 0.3) is 0 Å². The summed E-state index contributed by atoms with van der Waals surface area (Å²) in [6, 6.07) is 0. The van der Waals surface area contributed by atoms with Gasteiger partial charge in [-0.05, 0) is 39.4 Å². The lowest BCUT2D eigenvalue weighted by molar-refractivity contribution is 0.156. The molecular weight excluding hydrogens is 124 g/mol. The average Bonchev–Trinajstić information content (AvgIpc) is 1.94. The molecule has 10 heavy (non-hydrogen) atoms. The van der Waals surface area contributed by atoms with Crippen LogP contribution in [0.15, 0.2) is 0 Å². The fourth-order valence-electron chi connectivity index (χ4n) is 1.57. The van der Waals surface area contributed by atoms with Crippen LogP contribution in [0.3, 0.4) is 0 Å². The Morgan fingerprint density at radius 1 is 1.50 bits per heavy atom. The average molecular weight is 142 g/mol. The summed E-state index contributed by atoms with van der Waals surface area (Å²) < 4.78 is 0. The zero-order valence-corrected chi connectivity index (χ0v) is 7.06. The Morgan fingerprint density at radius 3 is 2.90 bits per heavy atom. The van der Waals surface area contributed by atoms with Crippen LogP contribution in [0.5, 0.6) is 0 Å². The highest BCUT2D eigenvalue weighted by Gasteiger charge is 2.16. The Kier molecular flexibility index (Phi) is 3.16. The minimum absolute atomic E-state index is 0.652. The van der Waals surface area contributed by atoms with Gasteiger partial charge >= 0.3 is 0 Å². The Labute approximate surface area is 63.6 Å². The maximum atomic E-state index is 3.46. The molecule has 0 aromatic heterocycles. The largest absolute Gasteiger partial charge is 0.302 e. The third kappa shape index (κ3) is 1.96. The summed E-state index contributed by atoms with van der Waals surface area (Å²) in [6.45, 7) is 4.52. The van der Waals surface area contributed by atoms with Crippen molar-refractivity contribution in [2.45, 2.75) is 32.4 Å². The van der Waals surface area contributed by atoms with Crippen molar-refractivity contribution >= 4 is 0 Å². The Bertz CT molecular complexity index is 91.3. The van der Waals surface area contributed by atoms with Gasteiger partial charge in [-0.1, -0.05) is 6.92 Å². The summed E-state index contributed by atoms with van der Waals surface area (Å²) in [4.78, 5) is 2.41. The number of piperidine rings is 1. The van der Waals surface area contributed by atoms with E-state index in [0.717, 1.165) is 6.54 Å². The molecule has 0 aromatic rings. The predicted molar refractivity (Wildman–Crippen MR) is 43.9 cm³/mol. The van der Waals surface area contributed by atoms with E-state index in [9.17, 15) is 0 Å². The molecule has 1 aliphatic rings. The standard InChI is InChI=1S/C8H18N2/c1-3-9-8-6-4-5-7-10(8)2/h8-9H,3-7H2,1-2H3. The van der Waals surface area contributed by atoms with Gasteiger partial charge in [-0.2, -0.15) is 0 Å². The van der Waals surface area contributed by atoms with Gasteiger partial charge in [0.15, 0.2) is 0 Å². The number of likely N-dealkylation sites (tertiary alicyclic amines) is 1. The van der Waals surface area contributed by atoms with Gasteiger partial charge in [0.05, 0.1) is 6.17 Å².